The number of fused-ring (bicyclic) bond motifs is 2. The van der Waals surface area contributed by atoms with Gasteiger partial charge in [0, 0.05) is 18.5 Å². The standard InChI is InChI=1S/C34H32ClF3N2O3/c1-43-33(42)28-20-39(19-21-9-3-2-4-10-21)31-29(24-14-8-15-25(17-24)34(36,37)38)27(30(35)32(41)40(28)31)18-23-13-7-12-22-11-5-6-16-26(22)23/h5-8,11-17,21,28H,2-4,9-10,18-20H2,1H3. The molecule has 1 aliphatic carbocycles. The number of nitrogens with zero attached hydrogens (tertiary/aromatic N) is 2. The summed E-state index contributed by atoms with van der Waals surface area (Å²) in [5.74, 6) is 0.160. The molecule has 2 heterocycles. The summed E-state index contributed by atoms with van der Waals surface area (Å²) >= 11 is 6.89. The largest absolute Gasteiger partial charge is 0.467 e. The zero-order valence-corrected chi connectivity index (χ0v) is 24.5. The first-order valence-electron chi connectivity index (χ1n) is 14.6. The highest BCUT2D eigenvalue weighted by Gasteiger charge is 2.41. The van der Waals surface area contributed by atoms with Crippen molar-refractivity contribution in [2.75, 3.05) is 25.1 Å². The lowest BCUT2D eigenvalue weighted by atomic mass is 9.88. The minimum Gasteiger partial charge on any atom is -0.467 e. The van der Waals surface area contributed by atoms with E-state index in [2.05, 4.69) is 0 Å². The van der Waals surface area contributed by atoms with Crippen molar-refractivity contribution in [1.29, 1.82) is 0 Å². The zero-order valence-electron chi connectivity index (χ0n) is 23.8. The van der Waals surface area contributed by atoms with E-state index >= 15 is 0 Å². The van der Waals surface area contributed by atoms with E-state index in [0.29, 0.717) is 29.4 Å². The second kappa shape index (κ2) is 11.7. The summed E-state index contributed by atoms with van der Waals surface area (Å²) in [4.78, 5) is 29.1. The van der Waals surface area contributed by atoms with Crippen molar-refractivity contribution in [3.63, 3.8) is 0 Å². The van der Waals surface area contributed by atoms with Crippen LogP contribution in [0.15, 0.2) is 71.5 Å². The number of carbonyl (C=O) groups excluding carboxylic acids is 1. The Kier molecular flexibility index (Phi) is 7.98. The first kappa shape index (κ1) is 29.3. The van der Waals surface area contributed by atoms with Gasteiger partial charge in [0.25, 0.3) is 5.56 Å². The maximum atomic E-state index is 14.0. The molecular formula is C34H32ClF3N2O3. The van der Waals surface area contributed by atoms with Crippen LogP contribution in [0, 0.1) is 5.92 Å². The van der Waals surface area contributed by atoms with Crippen LogP contribution in [0.5, 0.6) is 0 Å². The molecule has 2 aliphatic rings. The fourth-order valence-corrected chi connectivity index (χ4v) is 7.04. The van der Waals surface area contributed by atoms with Gasteiger partial charge < -0.3 is 9.64 Å². The molecule has 0 amide bonds. The fourth-order valence-electron chi connectivity index (χ4n) is 6.79. The number of hydrogen-bond donors (Lipinski definition) is 0. The second-order valence-corrected chi connectivity index (χ2v) is 11.9. The van der Waals surface area contributed by atoms with Crippen molar-refractivity contribution in [3.8, 4) is 11.1 Å². The van der Waals surface area contributed by atoms with Crippen molar-refractivity contribution in [3.05, 3.63) is 98.8 Å². The predicted molar refractivity (Wildman–Crippen MR) is 163 cm³/mol. The summed E-state index contributed by atoms with van der Waals surface area (Å²) in [6.45, 7) is 0.757. The number of ether oxygens (including phenoxy) is 1. The van der Waals surface area contributed by atoms with Crippen molar-refractivity contribution in [1.82, 2.24) is 4.57 Å². The highest BCUT2D eigenvalue weighted by atomic mass is 35.5. The van der Waals surface area contributed by atoms with E-state index in [-0.39, 0.29) is 23.6 Å². The topological polar surface area (TPSA) is 51.5 Å². The van der Waals surface area contributed by atoms with Gasteiger partial charge in [-0.2, -0.15) is 13.2 Å². The molecule has 1 unspecified atom stereocenters. The Bertz CT molecular complexity index is 1740. The summed E-state index contributed by atoms with van der Waals surface area (Å²) in [6.07, 6.45) is 1.03. The first-order valence-corrected chi connectivity index (χ1v) is 15.0. The molecule has 1 atom stereocenters. The van der Waals surface area contributed by atoms with Gasteiger partial charge >= 0.3 is 12.1 Å². The SMILES string of the molecule is COC(=O)C1CN(CC2CCCCC2)c2c(-c3cccc(C(F)(F)F)c3)c(Cc3cccc4ccccc34)c(Cl)c(=O)n21. The minimum absolute atomic E-state index is 0.113. The molecule has 0 bridgehead atoms. The van der Waals surface area contributed by atoms with Crippen molar-refractivity contribution in [2.24, 2.45) is 5.92 Å². The van der Waals surface area contributed by atoms with E-state index in [9.17, 15) is 22.8 Å². The van der Waals surface area contributed by atoms with Crippen LogP contribution < -0.4 is 10.5 Å². The van der Waals surface area contributed by atoms with Crippen LogP contribution in [0.2, 0.25) is 5.02 Å². The number of benzene rings is 3. The summed E-state index contributed by atoms with van der Waals surface area (Å²) in [5.41, 5.74) is 0.695. The lowest BCUT2D eigenvalue weighted by Crippen LogP contribution is -2.32. The molecule has 0 saturated heterocycles. The van der Waals surface area contributed by atoms with Crippen LogP contribution in [0.1, 0.15) is 54.8 Å². The average molecular weight is 609 g/mol. The monoisotopic (exact) mass is 608 g/mol. The third-order valence-electron chi connectivity index (χ3n) is 8.83. The smallest absolute Gasteiger partial charge is 0.416 e. The molecule has 6 rings (SSSR count). The Hall–Kier alpha value is -3.78. The van der Waals surface area contributed by atoms with Gasteiger partial charge in [-0.25, -0.2) is 4.79 Å². The van der Waals surface area contributed by atoms with Crippen molar-refractivity contribution in [2.45, 2.75) is 50.7 Å². The minimum atomic E-state index is -4.57. The molecule has 0 radical (unpaired) electrons. The highest BCUT2D eigenvalue weighted by molar-refractivity contribution is 6.32. The number of anilines is 1. The van der Waals surface area contributed by atoms with Gasteiger partial charge in [0.1, 0.15) is 10.8 Å². The van der Waals surface area contributed by atoms with Crippen LogP contribution in [0.4, 0.5) is 19.0 Å². The zero-order chi connectivity index (χ0) is 30.3. The van der Waals surface area contributed by atoms with E-state index in [4.69, 9.17) is 16.3 Å². The van der Waals surface area contributed by atoms with E-state index in [1.807, 2.05) is 47.4 Å². The molecule has 0 spiro atoms. The van der Waals surface area contributed by atoms with E-state index in [0.717, 1.165) is 60.6 Å². The predicted octanol–water partition coefficient (Wildman–Crippen LogP) is 8.05. The summed E-state index contributed by atoms with van der Waals surface area (Å²) in [5, 5.41) is 1.85. The van der Waals surface area contributed by atoms with Crippen LogP contribution in [0.25, 0.3) is 21.9 Å². The first-order chi connectivity index (χ1) is 20.7. The quantitative estimate of drug-likeness (QED) is 0.208. The maximum Gasteiger partial charge on any atom is 0.416 e. The fraction of sp³-hybridized carbons (Fsp3) is 0.353. The van der Waals surface area contributed by atoms with Gasteiger partial charge in [-0.3, -0.25) is 9.36 Å². The molecule has 43 heavy (non-hydrogen) atoms. The number of hydrogen-bond acceptors (Lipinski definition) is 4. The molecule has 5 nitrogen and oxygen atoms in total. The van der Waals surface area contributed by atoms with Gasteiger partial charge in [0.05, 0.1) is 19.2 Å². The lowest BCUT2D eigenvalue weighted by molar-refractivity contribution is -0.144. The van der Waals surface area contributed by atoms with Crippen molar-refractivity contribution >= 4 is 34.2 Å². The number of methoxy groups -OCH3 is 1. The summed E-state index contributed by atoms with van der Waals surface area (Å²) in [6, 6.07) is 17.8. The third kappa shape index (κ3) is 5.53. The number of pyridine rings is 1. The third-order valence-corrected chi connectivity index (χ3v) is 9.22. The molecule has 224 valence electrons. The number of alkyl halides is 3. The Morgan fingerprint density at radius 3 is 2.47 bits per heavy atom. The number of esters is 1. The number of rotatable bonds is 6. The van der Waals surface area contributed by atoms with Crippen LogP contribution in [-0.2, 0) is 22.1 Å². The number of halogens is 4. The maximum absolute atomic E-state index is 14.0. The molecular weight excluding hydrogens is 577 g/mol. The number of carbonyl (C=O) groups is 1. The Morgan fingerprint density at radius 2 is 1.72 bits per heavy atom. The van der Waals surface area contributed by atoms with Gasteiger partial charge in [-0.05, 0) is 58.4 Å². The summed E-state index contributed by atoms with van der Waals surface area (Å²) < 4.78 is 48.3. The Balaban J connectivity index is 1.63. The molecule has 1 saturated carbocycles. The molecule has 3 aromatic carbocycles. The highest BCUT2D eigenvalue weighted by Crippen LogP contribution is 2.45. The number of aromatic nitrogens is 1. The van der Waals surface area contributed by atoms with E-state index in [1.165, 1.54) is 17.7 Å². The van der Waals surface area contributed by atoms with Crippen LogP contribution in [-0.4, -0.2) is 30.7 Å². The molecule has 0 N–H and O–H groups in total. The average Bonchev–Trinajstić information content (AvgIpc) is 3.38. The molecule has 4 aromatic rings. The van der Waals surface area contributed by atoms with Gasteiger partial charge in [0.2, 0.25) is 0 Å². The van der Waals surface area contributed by atoms with Gasteiger partial charge in [-0.15, -0.1) is 0 Å². The van der Waals surface area contributed by atoms with E-state index < -0.39 is 29.3 Å². The molecule has 1 aliphatic heterocycles. The second-order valence-electron chi connectivity index (χ2n) is 11.5. The molecule has 1 aromatic heterocycles. The van der Waals surface area contributed by atoms with Crippen LogP contribution >= 0.6 is 11.6 Å². The molecule has 9 heteroatoms. The Morgan fingerprint density at radius 1 is 1.00 bits per heavy atom. The van der Waals surface area contributed by atoms with Crippen LogP contribution in [0.3, 0.4) is 0 Å². The normalized spacial score (nSPS) is 17.3. The lowest BCUT2D eigenvalue weighted by Gasteiger charge is -2.30. The summed E-state index contributed by atoms with van der Waals surface area (Å²) in [7, 11) is 1.26. The van der Waals surface area contributed by atoms with Crippen molar-refractivity contribution < 1.29 is 22.7 Å². The van der Waals surface area contributed by atoms with Gasteiger partial charge in [0.15, 0.2) is 6.04 Å². The Labute approximate surface area is 252 Å². The van der Waals surface area contributed by atoms with E-state index in [1.54, 1.807) is 6.07 Å². The molecule has 1 fully saturated rings. The van der Waals surface area contributed by atoms with Gasteiger partial charge in [-0.1, -0.05) is 85.5 Å².